The quantitative estimate of drug-likeness (QED) is 0.506. The summed E-state index contributed by atoms with van der Waals surface area (Å²) in [7, 11) is 0. The number of nitro benzene ring substituents is 2. The highest BCUT2D eigenvalue weighted by molar-refractivity contribution is 9.10. The standard InChI is InChI=1S/C13H8BrN3O4S/c1-6-2-7(14)3-10-12(6)15-13-9(17(20)21)4-8(16(18)19)5-11(13)22-10/h2-5,15H,1H3. The van der Waals surface area contributed by atoms with E-state index in [9.17, 15) is 20.2 Å². The van der Waals surface area contributed by atoms with E-state index in [0.29, 0.717) is 10.6 Å². The second-order valence-electron chi connectivity index (χ2n) is 4.68. The van der Waals surface area contributed by atoms with Gasteiger partial charge in [0.1, 0.15) is 5.69 Å². The fraction of sp³-hybridized carbons (Fsp3) is 0.0769. The minimum atomic E-state index is -0.629. The van der Waals surface area contributed by atoms with Gasteiger partial charge in [-0.3, -0.25) is 20.2 Å². The van der Waals surface area contributed by atoms with Crippen molar-refractivity contribution < 1.29 is 9.85 Å². The zero-order chi connectivity index (χ0) is 16.0. The van der Waals surface area contributed by atoms with Crippen LogP contribution in [0.1, 0.15) is 5.56 Å². The molecule has 0 bridgehead atoms. The molecule has 1 N–H and O–H groups in total. The van der Waals surface area contributed by atoms with E-state index in [4.69, 9.17) is 0 Å². The predicted molar refractivity (Wildman–Crippen MR) is 86.0 cm³/mol. The minimum absolute atomic E-state index is 0.290. The number of nitro groups is 2. The van der Waals surface area contributed by atoms with E-state index in [1.807, 2.05) is 19.1 Å². The van der Waals surface area contributed by atoms with E-state index in [1.165, 1.54) is 17.8 Å². The molecule has 0 saturated carbocycles. The molecular weight excluding hydrogens is 374 g/mol. The number of aryl methyl sites for hydroxylation is 1. The molecule has 9 heteroatoms. The van der Waals surface area contributed by atoms with Gasteiger partial charge in [-0.25, -0.2) is 0 Å². The molecule has 0 spiro atoms. The molecule has 0 atom stereocenters. The van der Waals surface area contributed by atoms with Crippen LogP contribution in [-0.4, -0.2) is 9.85 Å². The first kappa shape index (κ1) is 14.8. The van der Waals surface area contributed by atoms with Crippen LogP contribution < -0.4 is 5.32 Å². The van der Waals surface area contributed by atoms with Gasteiger partial charge in [0, 0.05) is 20.3 Å². The van der Waals surface area contributed by atoms with E-state index in [1.54, 1.807) is 0 Å². The molecule has 0 radical (unpaired) electrons. The lowest BCUT2D eigenvalue weighted by Gasteiger charge is -2.22. The molecule has 0 aromatic heterocycles. The largest absolute Gasteiger partial charge is 0.348 e. The van der Waals surface area contributed by atoms with Crippen molar-refractivity contribution in [1.82, 2.24) is 0 Å². The van der Waals surface area contributed by atoms with Crippen LogP contribution in [0.3, 0.4) is 0 Å². The third-order valence-corrected chi connectivity index (χ3v) is 4.75. The van der Waals surface area contributed by atoms with E-state index in [2.05, 4.69) is 21.2 Å². The van der Waals surface area contributed by atoms with Gasteiger partial charge in [-0.15, -0.1) is 0 Å². The lowest BCUT2D eigenvalue weighted by atomic mass is 10.1. The lowest BCUT2D eigenvalue weighted by molar-refractivity contribution is -0.393. The van der Waals surface area contributed by atoms with E-state index in [-0.39, 0.29) is 11.4 Å². The fourth-order valence-electron chi connectivity index (χ4n) is 2.24. The van der Waals surface area contributed by atoms with Gasteiger partial charge in [-0.2, -0.15) is 0 Å². The average molecular weight is 382 g/mol. The summed E-state index contributed by atoms with van der Waals surface area (Å²) < 4.78 is 0.876. The van der Waals surface area contributed by atoms with Crippen LogP contribution >= 0.6 is 27.7 Å². The van der Waals surface area contributed by atoms with E-state index in [0.717, 1.165) is 26.7 Å². The number of benzene rings is 2. The molecule has 0 fully saturated rings. The molecule has 3 rings (SSSR count). The van der Waals surface area contributed by atoms with Crippen LogP contribution in [0, 0.1) is 27.2 Å². The Hall–Kier alpha value is -2.13. The Balaban J connectivity index is 2.21. The van der Waals surface area contributed by atoms with Crippen LogP contribution in [0.4, 0.5) is 22.7 Å². The predicted octanol–water partition coefficient (Wildman–Crippen LogP) is 4.78. The van der Waals surface area contributed by atoms with E-state index >= 15 is 0 Å². The van der Waals surface area contributed by atoms with Crippen molar-refractivity contribution in [2.24, 2.45) is 0 Å². The molecule has 1 aliphatic heterocycles. The summed E-state index contributed by atoms with van der Waals surface area (Å²) in [5, 5.41) is 25.2. The number of fused-ring (bicyclic) bond motifs is 2. The average Bonchev–Trinajstić information content (AvgIpc) is 2.43. The van der Waals surface area contributed by atoms with Crippen molar-refractivity contribution in [1.29, 1.82) is 0 Å². The van der Waals surface area contributed by atoms with Crippen LogP contribution in [-0.2, 0) is 0 Å². The molecule has 22 heavy (non-hydrogen) atoms. The van der Waals surface area contributed by atoms with Gasteiger partial charge >= 0.3 is 5.69 Å². The van der Waals surface area contributed by atoms with Gasteiger partial charge in [-0.1, -0.05) is 27.7 Å². The number of halogens is 1. The molecule has 0 saturated heterocycles. The first-order valence-corrected chi connectivity index (χ1v) is 7.69. The van der Waals surface area contributed by atoms with Crippen LogP contribution in [0.2, 0.25) is 0 Å². The topological polar surface area (TPSA) is 98.3 Å². The number of hydrogen-bond acceptors (Lipinski definition) is 6. The van der Waals surface area contributed by atoms with E-state index < -0.39 is 9.85 Å². The Morgan fingerprint density at radius 3 is 2.36 bits per heavy atom. The monoisotopic (exact) mass is 381 g/mol. The second kappa shape index (κ2) is 5.25. The van der Waals surface area contributed by atoms with Crippen LogP contribution in [0.25, 0.3) is 0 Å². The number of hydrogen-bond donors (Lipinski definition) is 1. The maximum Gasteiger partial charge on any atom is 0.300 e. The van der Waals surface area contributed by atoms with Gasteiger partial charge in [0.25, 0.3) is 5.69 Å². The minimum Gasteiger partial charge on any atom is -0.348 e. The molecule has 0 unspecified atom stereocenters. The summed E-state index contributed by atoms with van der Waals surface area (Å²) in [6, 6.07) is 6.09. The number of non-ortho nitro benzene ring substituents is 1. The third kappa shape index (κ3) is 2.42. The van der Waals surface area contributed by atoms with Gasteiger partial charge in [0.2, 0.25) is 0 Å². The molecule has 1 aliphatic rings. The van der Waals surface area contributed by atoms with Gasteiger partial charge < -0.3 is 5.32 Å². The fourth-order valence-corrected chi connectivity index (χ4v) is 4.14. The molecule has 1 heterocycles. The normalized spacial score (nSPS) is 12.1. The van der Waals surface area contributed by atoms with Crippen molar-refractivity contribution in [3.05, 3.63) is 54.5 Å². The Morgan fingerprint density at radius 2 is 1.73 bits per heavy atom. The zero-order valence-electron chi connectivity index (χ0n) is 11.1. The van der Waals surface area contributed by atoms with Crippen LogP contribution in [0.5, 0.6) is 0 Å². The second-order valence-corrected chi connectivity index (χ2v) is 6.67. The Labute approximate surface area is 137 Å². The third-order valence-electron chi connectivity index (χ3n) is 3.21. The highest BCUT2D eigenvalue weighted by Gasteiger charge is 2.29. The first-order valence-electron chi connectivity index (χ1n) is 6.08. The highest BCUT2D eigenvalue weighted by atomic mass is 79.9. The van der Waals surface area contributed by atoms with Gasteiger partial charge in [-0.05, 0) is 24.6 Å². The molecular formula is C13H8BrN3O4S. The molecule has 112 valence electrons. The van der Waals surface area contributed by atoms with Gasteiger partial charge in [0.15, 0.2) is 0 Å². The highest BCUT2D eigenvalue weighted by Crippen LogP contribution is 2.50. The number of nitrogens with zero attached hydrogens (tertiary/aromatic N) is 2. The van der Waals surface area contributed by atoms with Crippen molar-refractivity contribution in [2.45, 2.75) is 16.7 Å². The van der Waals surface area contributed by atoms with Crippen molar-refractivity contribution in [2.75, 3.05) is 5.32 Å². The maximum absolute atomic E-state index is 11.2. The smallest absolute Gasteiger partial charge is 0.300 e. The number of anilines is 2. The summed E-state index contributed by atoms with van der Waals surface area (Å²) in [6.45, 7) is 1.89. The zero-order valence-corrected chi connectivity index (χ0v) is 13.5. The van der Waals surface area contributed by atoms with Crippen LogP contribution in [0.15, 0.2) is 38.5 Å². The Morgan fingerprint density at radius 1 is 1.05 bits per heavy atom. The maximum atomic E-state index is 11.2. The molecule has 7 nitrogen and oxygen atoms in total. The Kier molecular flexibility index (Phi) is 3.53. The lowest BCUT2D eigenvalue weighted by Crippen LogP contribution is -2.06. The van der Waals surface area contributed by atoms with Crippen molar-refractivity contribution in [3.8, 4) is 0 Å². The molecule has 0 amide bonds. The van der Waals surface area contributed by atoms with Crippen molar-refractivity contribution in [3.63, 3.8) is 0 Å². The summed E-state index contributed by atoms with van der Waals surface area (Å²) in [4.78, 5) is 22.3. The molecule has 2 aromatic carbocycles. The number of nitrogens with one attached hydrogen (secondary N) is 1. The first-order chi connectivity index (χ1) is 10.4. The summed E-state index contributed by atoms with van der Waals surface area (Å²) in [5.41, 5.74) is 1.39. The number of rotatable bonds is 2. The molecule has 0 aliphatic carbocycles. The van der Waals surface area contributed by atoms with Crippen molar-refractivity contribution >= 4 is 50.4 Å². The SMILES string of the molecule is Cc1cc(Br)cc2c1Nc1c(cc([N+](=O)[O-])cc1[N+](=O)[O-])S2. The summed E-state index contributed by atoms with van der Waals surface area (Å²) >= 11 is 4.67. The van der Waals surface area contributed by atoms with Gasteiger partial charge in [0.05, 0.1) is 21.6 Å². The summed E-state index contributed by atoms with van der Waals surface area (Å²) in [6.07, 6.45) is 0. The summed E-state index contributed by atoms with van der Waals surface area (Å²) in [5.74, 6) is 0. The Bertz CT molecular complexity index is 841. The molecule has 2 aromatic rings.